The molecule has 15 heavy (non-hydrogen) atoms. The molecule has 0 saturated heterocycles. The van der Waals surface area contributed by atoms with Crippen molar-refractivity contribution < 1.29 is 10.0 Å². The van der Waals surface area contributed by atoms with E-state index in [1.54, 1.807) is 6.92 Å². The molecule has 86 valence electrons. The Bertz CT molecular complexity index is 265. The van der Waals surface area contributed by atoms with Crippen LogP contribution in [0.5, 0.6) is 0 Å². The Kier molecular flexibility index (Phi) is 3.94. The van der Waals surface area contributed by atoms with Crippen LogP contribution in [0.3, 0.4) is 0 Å². The number of hydrogen-bond donors (Lipinski definition) is 3. The molecular weight excluding hydrogens is 194 g/mol. The molecule has 5 heteroatoms. The van der Waals surface area contributed by atoms with E-state index in [4.69, 9.17) is 10.9 Å². The van der Waals surface area contributed by atoms with Gasteiger partial charge in [-0.2, -0.15) is 0 Å². The molecule has 1 fully saturated rings. The third kappa shape index (κ3) is 3.11. The summed E-state index contributed by atoms with van der Waals surface area (Å²) in [5.41, 5.74) is 5.36. The molecule has 0 radical (unpaired) electrons. The van der Waals surface area contributed by atoms with Gasteiger partial charge in [0.25, 0.3) is 0 Å². The highest BCUT2D eigenvalue weighted by molar-refractivity contribution is 6.01. The van der Waals surface area contributed by atoms with Crippen molar-refractivity contribution in [3.8, 4) is 0 Å². The molecule has 0 spiro atoms. The van der Waals surface area contributed by atoms with Gasteiger partial charge in [-0.1, -0.05) is 12.1 Å². The fourth-order valence-electron chi connectivity index (χ4n) is 1.89. The molecule has 3 atom stereocenters. The van der Waals surface area contributed by atoms with Crippen molar-refractivity contribution in [3.05, 3.63) is 0 Å². The van der Waals surface area contributed by atoms with Crippen LogP contribution in [0.4, 0.5) is 0 Å². The molecule has 4 N–H and O–H groups in total. The third-order valence-corrected chi connectivity index (χ3v) is 2.99. The summed E-state index contributed by atoms with van der Waals surface area (Å²) in [4.78, 5) is 11.6. The van der Waals surface area contributed by atoms with Crippen molar-refractivity contribution in [2.75, 3.05) is 0 Å². The zero-order valence-electron chi connectivity index (χ0n) is 9.23. The van der Waals surface area contributed by atoms with Gasteiger partial charge in [0.05, 0.1) is 5.92 Å². The maximum absolute atomic E-state index is 11.6. The Morgan fingerprint density at radius 3 is 2.73 bits per heavy atom. The molecule has 1 aliphatic carbocycles. The largest absolute Gasteiger partial charge is 0.409 e. The molecule has 1 saturated carbocycles. The average molecular weight is 213 g/mol. The zero-order chi connectivity index (χ0) is 11.4. The summed E-state index contributed by atoms with van der Waals surface area (Å²) in [5, 5.41) is 14.2. The maximum Gasteiger partial charge on any atom is 0.230 e. The van der Waals surface area contributed by atoms with Gasteiger partial charge < -0.3 is 16.3 Å². The minimum Gasteiger partial charge on any atom is -0.409 e. The Balaban J connectivity index is 2.42. The smallest absolute Gasteiger partial charge is 0.230 e. The number of nitrogens with two attached hydrogens (primary N) is 1. The Labute approximate surface area is 89.7 Å². The molecule has 0 aromatic rings. The summed E-state index contributed by atoms with van der Waals surface area (Å²) >= 11 is 0. The highest BCUT2D eigenvalue weighted by atomic mass is 16.4. The van der Waals surface area contributed by atoms with E-state index in [9.17, 15) is 4.79 Å². The summed E-state index contributed by atoms with van der Waals surface area (Å²) in [6.45, 7) is 3.81. The van der Waals surface area contributed by atoms with E-state index < -0.39 is 5.92 Å². The molecule has 0 aromatic carbocycles. The van der Waals surface area contributed by atoms with Crippen LogP contribution in [0.1, 0.15) is 33.1 Å². The van der Waals surface area contributed by atoms with Gasteiger partial charge in [-0.05, 0) is 32.1 Å². The Morgan fingerprint density at radius 2 is 2.27 bits per heavy atom. The van der Waals surface area contributed by atoms with E-state index in [0.717, 1.165) is 19.3 Å². The monoisotopic (exact) mass is 213 g/mol. The highest BCUT2D eigenvalue weighted by Crippen LogP contribution is 2.24. The van der Waals surface area contributed by atoms with Gasteiger partial charge in [0.15, 0.2) is 5.84 Å². The quantitative estimate of drug-likeness (QED) is 0.279. The summed E-state index contributed by atoms with van der Waals surface area (Å²) in [7, 11) is 0. The maximum atomic E-state index is 11.6. The van der Waals surface area contributed by atoms with Crippen molar-refractivity contribution in [1.82, 2.24) is 5.32 Å². The number of hydrogen-bond acceptors (Lipinski definition) is 3. The van der Waals surface area contributed by atoms with Gasteiger partial charge in [0, 0.05) is 6.04 Å². The molecule has 1 aliphatic rings. The first-order valence-electron chi connectivity index (χ1n) is 5.32. The van der Waals surface area contributed by atoms with E-state index in [1.165, 1.54) is 0 Å². The second-order valence-corrected chi connectivity index (χ2v) is 4.37. The highest BCUT2D eigenvalue weighted by Gasteiger charge is 2.25. The van der Waals surface area contributed by atoms with E-state index >= 15 is 0 Å². The van der Waals surface area contributed by atoms with Crippen molar-refractivity contribution >= 4 is 11.7 Å². The predicted octanol–water partition coefficient (Wildman–Crippen LogP) is 0.674. The van der Waals surface area contributed by atoms with E-state index in [0.29, 0.717) is 5.92 Å². The van der Waals surface area contributed by atoms with Crippen molar-refractivity contribution in [2.45, 2.75) is 39.2 Å². The molecule has 5 nitrogen and oxygen atoms in total. The van der Waals surface area contributed by atoms with Gasteiger partial charge in [-0.15, -0.1) is 0 Å². The minimum absolute atomic E-state index is 0.0430. The summed E-state index contributed by atoms with van der Waals surface area (Å²) in [5.74, 6) is -0.0942. The van der Waals surface area contributed by atoms with Gasteiger partial charge in [-0.25, -0.2) is 0 Å². The number of carbonyl (C=O) groups excluding carboxylic acids is 1. The summed E-state index contributed by atoms with van der Waals surface area (Å²) < 4.78 is 0. The Morgan fingerprint density at radius 1 is 1.60 bits per heavy atom. The first-order chi connectivity index (χ1) is 7.04. The number of carbonyl (C=O) groups is 1. The first kappa shape index (κ1) is 11.8. The van der Waals surface area contributed by atoms with Crippen LogP contribution in [-0.4, -0.2) is 23.0 Å². The van der Waals surface area contributed by atoms with Crippen LogP contribution in [0.2, 0.25) is 0 Å². The van der Waals surface area contributed by atoms with Gasteiger partial charge in [0.1, 0.15) is 0 Å². The normalized spacial score (nSPS) is 28.8. The molecule has 0 aromatic heterocycles. The topological polar surface area (TPSA) is 87.7 Å². The van der Waals surface area contributed by atoms with Gasteiger partial charge in [-0.3, -0.25) is 4.79 Å². The summed E-state index contributed by atoms with van der Waals surface area (Å²) in [6.07, 6.45) is 3.20. The number of rotatable bonds is 3. The zero-order valence-corrected chi connectivity index (χ0v) is 9.23. The van der Waals surface area contributed by atoms with Crippen LogP contribution >= 0.6 is 0 Å². The lowest BCUT2D eigenvalue weighted by Crippen LogP contribution is -2.41. The number of nitrogens with zero attached hydrogens (tertiary/aromatic N) is 1. The fourth-order valence-corrected chi connectivity index (χ4v) is 1.89. The number of amidine groups is 1. The van der Waals surface area contributed by atoms with Gasteiger partial charge in [0.2, 0.25) is 5.91 Å². The van der Waals surface area contributed by atoms with Crippen LogP contribution < -0.4 is 11.1 Å². The number of amides is 1. The lowest BCUT2D eigenvalue weighted by molar-refractivity contribution is -0.123. The lowest BCUT2D eigenvalue weighted by atomic mass is 10.1. The standard InChI is InChI=1S/C10H19N3O2/c1-6-3-4-8(5-6)12-10(14)7(2)9(11)13-15/h6-8,15H,3-5H2,1-2H3,(H2,11,13)(H,12,14). The second kappa shape index (κ2) is 5.00. The number of nitrogens with one attached hydrogen (secondary N) is 1. The lowest BCUT2D eigenvalue weighted by Gasteiger charge is -2.15. The van der Waals surface area contributed by atoms with Crippen molar-refractivity contribution in [1.29, 1.82) is 0 Å². The predicted molar refractivity (Wildman–Crippen MR) is 57.5 cm³/mol. The van der Waals surface area contributed by atoms with E-state index in [-0.39, 0.29) is 17.8 Å². The molecule has 3 unspecified atom stereocenters. The summed E-state index contributed by atoms with van der Waals surface area (Å²) in [6, 6.07) is 0.251. The van der Waals surface area contributed by atoms with E-state index in [1.807, 2.05) is 0 Å². The van der Waals surface area contributed by atoms with Crippen LogP contribution in [0, 0.1) is 11.8 Å². The van der Waals surface area contributed by atoms with Crippen molar-refractivity contribution in [2.24, 2.45) is 22.7 Å². The fraction of sp³-hybridized carbons (Fsp3) is 0.800. The third-order valence-electron chi connectivity index (χ3n) is 2.99. The molecular formula is C10H19N3O2. The first-order valence-corrected chi connectivity index (χ1v) is 5.32. The SMILES string of the molecule is CC1CCC(NC(=O)C(C)C(N)=NO)C1. The van der Waals surface area contributed by atoms with Crippen LogP contribution in [0.15, 0.2) is 5.16 Å². The molecule has 1 amide bonds. The number of oxime groups is 1. The van der Waals surface area contributed by atoms with Crippen LogP contribution in [-0.2, 0) is 4.79 Å². The molecule has 0 heterocycles. The molecule has 0 bridgehead atoms. The van der Waals surface area contributed by atoms with E-state index in [2.05, 4.69) is 17.4 Å². The second-order valence-electron chi connectivity index (χ2n) is 4.37. The van der Waals surface area contributed by atoms with Crippen LogP contribution in [0.25, 0.3) is 0 Å². The average Bonchev–Trinajstić information content (AvgIpc) is 2.61. The van der Waals surface area contributed by atoms with Crippen molar-refractivity contribution in [3.63, 3.8) is 0 Å². The molecule has 1 rings (SSSR count). The minimum atomic E-state index is -0.564. The Hall–Kier alpha value is -1.26. The van der Waals surface area contributed by atoms with Gasteiger partial charge >= 0.3 is 0 Å². The molecule has 0 aliphatic heterocycles.